The number of aromatic nitrogens is 4. The van der Waals surface area contributed by atoms with Crippen molar-refractivity contribution in [1.29, 1.82) is 0 Å². The average molecular weight is 320 g/mol. The van der Waals surface area contributed by atoms with Crippen LogP contribution in [0.25, 0.3) is 11.2 Å². The van der Waals surface area contributed by atoms with Gasteiger partial charge >= 0.3 is 5.69 Å². The monoisotopic (exact) mass is 320 g/mol. The van der Waals surface area contributed by atoms with Crippen LogP contribution in [-0.2, 0) is 25.4 Å². The molecular formula is C16H24N4O3. The molecule has 7 heteroatoms. The second-order valence-corrected chi connectivity index (χ2v) is 6.49. The van der Waals surface area contributed by atoms with E-state index in [9.17, 15) is 9.59 Å². The Morgan fingerprint density at radius 3 is 2.70 bits per heavy atom. The molecule has 1 saturated carbocycles. The SMILES string of the molecule is CC1CCCCC1OCCn1cnc2c1c(=O)n(C)c(=O)n2C. The van der Waals surface area contributed by atoms with Crippen LogP contribution in [0.15, 0.2) is 15.9 Å². The van der Waals surface area contributed by atoms with Crippen molar-refractivity contribution in [3.63, 3.8) is 0 Å². The van der Waals surface area contributed by atoms with Gasteiger partial charge in [0.2, 0.25) is 0 Å². The highest BCUT2D eigenvalue weighted by Gasteiger charge is 2.22. The summed E-state index contributed by atoms with van der Waals surface area (Å²) in [5.74, 6) is 0.594. The smallest absolute Gasteiger partial charge is 0.332 e. The standard InChI is InChI=1S/C16H24N4O3/c1-11-6-4-5-7-12(11)23-9-8-20-10-17-14-13(20)15(21)19(3)16(22)18(14)2/h10-12H,4-9H2,1-3H3. The number of hydrogen-bond acceptors (Lipinski definition) is 4. The number of ether oxygens (including phenoxy) is 1. The molecule has 2 aromatic rings. The summed E-state index contributed by atoms with van der Waals surface area (Å²) >= 11 is 0. The molecule has 0 aliphatic heterocycles. The highest BCUT2D eigenvalue weighted by atomic mass is 16.5. The van der Waals surface area contributed by atoms with Gasteiger partial charge in [-0.05, 0) is 18.8 Å². The van der Waals surface area contributed by atoms with Crippen molar-refractivity contribution in [2.45, 2.75) is 45.3 Å². The number of rotatable bonds is 4. The van der Waals surface area contributed by atoms with E-state index < -0.39 is 0 Å². The zero-order valence-corrected chi connectivity index (χ0v) is 14.0. The average Bonchev–Trinajstić information content (AvgIpc) is 2.97. The van der Waals surface area contributed by atoms with Gasteiger partial charge in [0.05, 0.1) is 19.0 Å². The van der Waals surface area contributed by atoms with Crippen LogP contribution in [0.1, 0.15) is 32.6 Å². The van der Waals surface area contributed by atoms with Crippen LogP contribution in [0.2, 0.25) is 0 Å². The third kappa shape index (κ3) is 2.85. The van der Waals surface area contributed by atoms with Gasteiger partial charge in [0.1, 0.15) is 0 Å². The van der Waals surface area contributed by atoms with Crippen LogP contribution in [0, 0.1) is 5.92 Å². The lowest BCUT2D eigenvalue weighted by molar-refractivity contribution is -0.00809. The van der Waals surface area contributed by atoms with Crippen molar-refractivity contribution in [2.75, 3.05) is 6.61 Å². The number of fused-ring (bicyclic) bond motifs is 1. The fourth-order valence-electron chi connectivity index (χ4n) is 3.40. The Bertz CT molecular complexity index is 817. The van der Waals surface area contributed by atoms with Gasteiger partial charge in [-0.3, -0.25) is 13.9 Å². The summed E-state index contributed by atoms with van der Waals surface area (Å²) in [6.07, 6.45) is 6.77. The summed E-state index contributed by atoms with van der Waals surface area (Å²) in [6, 6.07) is 0. The summed E-state index contributed by atoms with van der Waals surface area (Å²) < 4.78 is 10.3. The summed E-state index contributed by atoms with van der Waals surface area (Å²) in [5.41, 5.74) is 0.200. The van der Waals surface area contributed by atoms with Gasteiger partial charge in [0.15, 0.2) is 11.2 Å². The van der Waals surface area contributed by atoms with Gasteiger partial charge in [-0.25, -0.2) is 9.78 Å². The van der Waals surface area contributed by atoms with E-state index in [-0.39, 0.29) is 11.2 Å². The van der Waals surface area contributed by atoms with Crippen LogP contribution in [0.4, 0.5) is 0 Å². The minimum Gasteiger partial charge on any atom is -0.376 e. The maximum Gasteiger partial charge on any atom is 0.332 e. The minimum atomic E-state index is -0.361. The van der Waals surface area contributed by atoms with Crippen molar-refractivity contribution in [3.05, 3.63) is 27.2 Å². The number of imidazole rings is 1. The second-order valence-electron chi connectivity index (χ2n) is 6.49. The summed E-state index contributed by atoms with van der Waals surface area (Å²) in [4.78, 5) is 28.5. The molecule has 0 spiro atoms. The molecule has 0 amide bonds. The topological polar surface area (TPSA) is 71.1 Å². The fourth-order valence-corrected chi connectivity index (χ4v) is 3.40. The zero-order chi connectivity index (χ0) is 16.6. The highest BCUT2D eigenvalue weighted by Crippen LogP contribution is 2.26. The molecule has 2 atom stereocenters. The van der Waals surface area contributed by atoms with Gasteiger partial charge in [-0.1, -0.05) is 19.8 Å². The maximum atomic E-state index is 12.3. The van der Waals surface area contributed by atoms with E-state index in [1.165, 1.54) is 30.9 Å². The van der Waals surface area contributed by atoms with Crippen molar-refractivity contribution >= 4 is 11.2 Å². The first-order chi connectivity index (χ1) is 11.0. The molecule has 0 bridgehead atoms. The Morgan fingerprint density at radius 1 is 1.22 bits per heavy atom. The van der Waals surface area contributed by atoms with E-state index >= 15 is 0 Å². The van der Waals surface area contributed by atoms with E-state index in [1.807, 2.05) is 0 Å². The van der Waals surface area contributed by atoms with Crippen molar-refractivity contribution in [1.82, 2.24) is 18.7 Å². The third-order valence-electron chi connectivity index (χ3n) is 4.91. The van der Waals surface area contributed by atoms with Crippen molar-refractivity contribution in [2.24, 2.45) is 20.0 Å². The van der Waals surface area contributed by atoms with Gasteiger partial charge in [0, 0.05) is 20.6 Å². The molecule has 0 saturated heterocycles. The molecule has 1 aliphatic carbocycles. The molecular weight excluding hydrogens is 296 g/mol. The lowest BCUT2D eigenvalue weighted by atomic mass is 9.88. The zero-order valence-electron chi connectivity index (χ0n) is 14.0. The first kappa shape index (κ1) is 16.0. The molecule has 2 heterocycles. The van der Waals surface area contributed by atoms with E-state index in [0.29, 0.717) is 36.3 Å². The summed E-state index contributed by atoms with van der Waals surface area (Å²) in [7, 11) is 3.11. The highest BCUT2D eigenvalue weighted by molar-refractivity contribution is 5.69. The van der Waals surface area contributed by atoms with Crippen LogP contribution < -0.4 is 11.2 Å². The minimum absolute atomic E-state index is 0.311. The Kier molecular flexibility index (Phi) is 4.39. The molecule has 0 aromatic carbocycles. The number of nitrogens with zero attached hydrogens (tertiary/aromatic N) is 4. The van der Waals surface area contributed by atoms with E-state index in [4.69, 9.17) is 4.74 Å². The number of hydrogen-bond donors (Lipinski definition) is 0. The first-order valence-electron chi connectivity index (χ1n) is 8.23. The second kappa shape index (κ2) is 6.31. The first-order valence-corrected chi connectivity index (χ1v) is 8.23. The van der Waals surface area contributed by atoms with Crippen LogP contribution in [0.3, 0.4) is 0 Å². The summed E-state index contributed by atoms with van der Waals surface area (Å²) in [6.45, 7) is 3.35. The Hall–Kier alpha value is -1.89. The quantitative estimate of drug-likeness (QED) is 0.843. The van der Waals surface area contributed by atoms with Crippen LogP contribution in [0.5, 0.6) is 0 Å². The molecule has 2 unspecified atom stereocenters. The lowest BCUT2D eigenvalue weighted by Crippen LogP contribution is -2.37. The predicted octanol–water partition coefficient (Wildman–Crippen LogP) is 1.03. The maximum absolute atomic E-state index is 12.3. The predicted molar refractivity (Wildman–Crippen MR) is 87.6 cm³/mol. The van der Waals surface area contributed by atoms with E-state index in [1.54, 1.807) is 17.9 Å². The molecule has 2 aromatic heterocycles. The van der Waals surface area contributed by atoms with E-state index in [0.717, 1.165) is 11.0 Å². The normalized spacial score (nSPS) is 21.9. The van der Waals surface area contributed by atoms with Crippen molar-refractivity contribution in [3.8, 4) is 0 Å². The Labute approximate surface area is 134 Å². The molecule has 1 fully saturated rings. The fraction of sp³-hybridized carbons (Fsp3) is 0.688. The van der Waals surface area contributed by atoms with Gasteiger partial charge in [-0.2, -0.15) is 0 Å². The molecule has 3 rings (SSSR count). The molecule has 7 nitrogen and oxygen atoms in total. The Balaban J connectivity index is 1.79. The summed E-state index contributed by atoms with van der Waals surface area (Å²) in [5, 5.41) is 0. The van der Waals surface area contributed by atoms with E-state index in [2.05, 4.69) is 11.9 Å². The van der Waals surface area contributed by atoms with Crippen LogP contribution >= 0.6 is 0 Å². The van der Waals surface area contributed by atoms with Crippen LogP contribution in [-0.4, -0.2) is 31.4 Å². The van der Waals surface area contributed by atoms with Crippen molar-refractivity contribution < 1.29 is 4.74 Å². The van der Waals surface area contributed by atoms with Gasteiger partial charge < -0.3 is 9.30 Å². The van der Waals surface area contributed by atoms with Gasteiger partial charge in [-0.15, -0.1) is 0 Å². The molecule has 0 N–H and O–H groups in total. The lowest BCUT2D eigenvalue weighted by Gasteiger charge is -2.28. The molecule has 126 valence electrons. The van der Waals surface area contributed by atoms with Gasteiger partial charge in [0.25, 0.3) is 5.56 Å². The molecule has 1 aliphatic rings. The largest absolute Gasteiger partial charge is 0.376 e. The molecule has 0 radical (unpaired) electrons. The number of aryl methyl sites for hydroxylation is 1. The Morgan fingerprint density at radius 2 is 1.96 bits per heavy atom. The third-order valence-corrected chi connectivity index (χ3v) is 4.91. The molecule has 23 heavy (non-hydrogen) atoms.